The first-order chi connectivity index (χ1) is 8.26. The highest BCUT2D eigenvalue weighted by Gasteiger charge is 2.40. The molecule has 0 amide bonds. The number of hydrogen-bond acceptors (Lipinski definition) is 3. The van der Waals surface area contributed by atoms with Crippen molar-refractivity contribution in [2.45, 2.75) is 43.7 Å². The third kappa shape index (κ3) is 2.60. The summed E-state index contributed by atoms with van der Waals surface area (Å²) < 4.78 is 28.9. The Hall–Kier alpha value is -0.850. The Kier molecular flexibility index (Phi) is 3.29. The predicted molar refractivity (Wildman–Crippen MR) is 68.5 cm³/mol. The fourth-order valence-corrected chi connectivity index (χ4v) is 3.74. The molecule has 0 aliphatic heterocycles. The van der Waals surface area contributed by atoms with Crippen LogP contribution in [0.5, 0.6) is 0 Å². The maximum atomic E-state index is 12.3. The number of rotatable bonds is 5. The molecule has 0 radical (unpaired) electrons. The largest absolute Gasteiger partial charge is 0.390 e. The maximum absolute atomic E-state index is 12.3. The molecule has 6 heteroatoms. The molecule has 0 bridgehead atoms. The summed E-state index contributed by atoms with van der Waals surface area (Å²) in [7, 11) is -1.80. The van der Waals surface area contributed by atoms with Crippen LogP contribution in [0.3, 0.4) is 0 Å². The predicted octanol–water partition coefficient (Wildman–Crippen LogP) is 0.984. The van der Waals surface area contributed by atoms with Gasteiger partial charge >= 0.3 is 0 Å². The Morgan fingerprint density at radius 1 is 1.50 bits per heavy atom. The first kappa shape index (κ1) is 13.6. The molecular weight excluding hydrogens is 252 g/mol. The summed E-state index contributed by atoms with van der Waals surface area (Å²) in [5.41, 5.74) is 0.174. The van der Waals surface area contributed by atoms with Crippen molar-refractivity contribution in [1.29, 1.82) is 0 Å². The molecule has 0 unspecified atom stereocenters. The second-order valence-corrected chi connectivity index (χ2v) is 7.22. The van der Waals surface area contributed by atoms with Crippen LogP contribution in [0.2, 0.25) is 0 Å². The van der Waals surface area contributed by atoms with Crippen molar-refractivity contribution in [3.8, 4) is 0 Å². The second kappa shape index (κ2) is 4.36. The zero-order valence-electron chi connectivity index (χ0n) is 11.0. The summed E-state index contributed by atoms with van der Waals surface area (Å²) in [6.07, 6.45) is 3.68. The van der Waals surface area contributed by atoms with Crippen LogP contribution in [0, 0.1) is 5.92 Å². The molecule has 0 aromatic carbocycles. The third-order valence-electron chi connectivity index (χ3n) is 3.55. The quantitative estimate of drug-likeness (QED) is 0.839. The molecule has 18 heavy (non-hydrogen) atoms. The van der Waals surface area contributed by atoms with E-state index in [1.54, 1.807) is 11.6 Å². The monoisotopic (exact) mass is 272 g/mol. The number of aliphatic hydroxyl groups is 1. The molecule has 1 aromatic heterocycles. The Labute approximate surface area is 108 Å². The normalized spacial score (nSPS) is 17.1. The molecule has 5 nitrogen and oxygen atoms in total. The summed E-state index contributed by atoms with van der Waals surface area (Å²) in [4.78, 5) is 0.211. The number of hydrogen-bond donors (Lipinski definition) is 2. The summed E-state index contributed by atoms with van der Waals surface area (Å²) >= 11 is 0. The highest BCUT2D eigenvalue weighted by Crippen LogP contribution is 2.39. The lowest BCUT2D eigenvalue weighted by Gasteiger charge is -2.25. The van der Waals surface area contributed by atoms with Gasteiger partial charge in [-0.3, -0.25) is 0 Å². The van der Waals surface area contributed by atoms with Gasteiger partial charge in [-0.25, -0.2) is 13.1 Å². The van der Waals surface area contributed by atoms with Crippen LogP contribution in [0.4, 0.5) is 0 Å². The van der Waals surface area contributed by atoms with E-state index in [1.165, 1.54) is 12.3 Å². The zero-order chi connectivity index (χ0) is 13.6. The van der Waals surface area contributed by atoms with Gasteiger partial charge in [0.15, 0.2) is 0 Å². The van der Waals surface area contributed by atoms with Crippen molar-refractivity contribution in [2.75, 3.05) is 0 Å². The standard InChI is InChI=1S/C12H20N2O3S/c1-12(2,9-4-5-9)13-18(16,17)11-6-10(8-15)14(3)7-11/h6-7,9,13,15H,4-5,8H2,1-3H3. The van der Waals surface area contributed by atoms with Crippen LogP contribution in [0.15, 0.2) is 17.2 Å². The van der Waals surface area contributed by atoms with Gasteiger partial charge in [-0.2, -0.15) is 0 Å². The van der Waals surface area contributed by atoms with Crippen molar-refractivity contribution in [3.63, 3.8) is 0 Å². The van der Waals surface area contributed by atoms with Gasteiger partial charge in [-0.15, -0.1) is 0 Å². The van der Waals surface area contributed by atoms with E-state index in [2.05, 4.69) is 4.72 Å². The van der Waals surface area contributed by atoms with Crippen LogP contribution in [0.25, 0.3) is 0 Å². The van der Waals surface area contributed by atoms with Gasteiger partial charge in [0, 0.05) is 24.5 Å². The van der Waals surface area contributed by atoms with E-state index in [-0.39, 0.29) is 11.5 Å². The molecule has 2 N–H and O–H groups in total. The van der Waals surface area contributed by atoms with Crippen LogP contribution in [-0.4, -0.2) is 23.6 Å². The summed E-state index contributed by atoms with van der Waals surface area (Å²) in [5, 5.41) is 9.09. The Bertz CT molecular complexity index is 542. The molecule has 102 valence electrons. The number of aliphatic hydroxyl groups excluding tert-OH is 1. The number of nitrogens with one attached hydrogen (secondary N) is 1. The van der Waals surface area contributed by atoms with E-state index in [0.29, 0.717) is 11.6 Å². The summed E-state index contributed by atoms with van der Waals surface area (Å²) in [6.45, 7) is 3.66. The second-order valence-electron chi connectivity index (χ2n) is 5.54. The molecule has 1 aliphatic rings. The van der Waals surface area contributed by atoms with Crippen molar-refractivity contribution in [1.82, 2.24) is 9.29 Å². The zero-order valence-corrected chi connectivity index (χ0v) is 11.8. The van der Waals surface area contributed by atoms with Crippen molar-refractivity contribution in [2.24, 2.45) is 13.0 Å². The van der Waals surface area contributed by atoms with Gasteiger partial charge in [-0.1, -0.05) is 0 Å². The van der Waals surface area contributed by atoms with Crippen molar-refractivity contribution >= 4 is 10.0 Å². The van der Waals surface area contributed by atoms with Crippen LogP contribution < -0.4 is 4.72 Å². The molecule has 1 heterocycles. The average Bonchev–Trinajstić information content (AvgIpc) is 3.01. The van der Waals surface area contributed by atoms with Gasteiger partial charge in [0.2, 0.25) is 10.0 Å². The van der Waals surface area contributed by atoms with Crippen LogP contribution in [0.1, 0.15) is 32.4 Å². The van der Waals surface area contributed by atoms with Gasteiger partial charge in [-0.05, 0) is 38.7 Å². The lowest BCUT2D eigenvalue weighted by Crippen LogP contribution is -2.44. The minimum atomic E-state index is -3.52. The van der Waals surface area contributed by atoms with Crippen molar-refractivity contribution < 1.29 is 13.5 Å². The highest BCUT2D eigenvalue weighted by molar-refractivity contribution is 7.89. The number of nitrogens with zero attached hydrogens (tertiary/aromatic N) is 1. The fraction of sp³-hybridized carbons (Fsp3) is 0.667. The molecule has 0 atom stereocenters. The molecule has 2 rings (SSSR count). The minimum absolute atomic E-state index is 0.169. The number of sulfonamides is 1. The Morgan fingerprint density at radius 2 is 2.11 bits per heavy atom. The van der Waals surface area contributed by atoms with E-state index in [9.17, 15) is 8.42 Å². The Morgan fingerprint density at radius 3 is 2.56 bits per heavy atom. The lowest BCUT2D eigenvalue weighted by atomic mass is 10.0. The molecule has 1 saturated carbocycles. The molecule has 0 saturated heterocycles. The molecule has 1 aliphatic carbocycles. The van der Waals surface area contributed by atoms with Crippen molar-refractivity contribution in [3.05, 3.63) is 18.0 Å². The highest BCUT2D eigenvalue weighted by atomic mass is 32.2. The SMILES string of the molecule is Cn1cc(S(=O)(=O)NC(C)(C)C2CC2)cc1CO. The van der Waals surface area contributed by atoms with E-state index in [0.717, 1.165) is 12.8 Å². The van der Waals surface area contributed by atoms with E-state index >= 15 is 0 Å². The Balaban J connectivity index is 2.24. The van der Waals surface area contributed by atoms with Crippen LogP contribution >= 0.6 is 0 Å². The number of aromatic nitrogens is 1. The fourth-order valence-electron chi connectivity index (χ4n) is 2.17. The smallest absolute Gasteiger partial charge is 0.242 e. The van der Waals surface area contributed by atoms with Gasteiger partial charge in [0.25, 0.3) is 0 Å². The molecule has 1 aromatic rings. The summed E-state index contributed by atoms with van der Waals surface area (Å²) in [6, 6.07) is 1.51. The topological polar surface area (TPSA) is 71.3 Å². The van der Waals surface area contributed by atoms with Gasteiger partial charge in [0.05, 0.1) is 11.5 Å². The molecule has 0 spiro atoms. The molecular formula is C12H20N2O3S. The van der Waals surface area contributed by atoms with E-state index in [4.69, 9.17) is 5.11 Å². The average molecular weight is 272 g/mol. The van der Waals surface area contributed by atoms with E-state index < -0.39 is 15.6 Å². The first-order valence-corrected chi connectivity index (χ1v) is 7.54. The molecule has 1 fully saturated rings. The lowest BCUT2D eigenvalue weighted by molar-refractivity contribution is 0.272. The minimum Gasteiger partial charge on any atom is -0.390 e. The third-order valence-corrected chi connectivity index (χ3v) is 5.19. The first-order valence-electron chi connectivity index (χ1n) is 6.06. The van der Waals surface area contributed by atoms with Gasteiger partial charge in [0.1, 0.15) is 0 Å². The number of aryl methyl sites for hydroxylation is 1. The van der Waals surface area contributed by atoms with E-state index in [1.807, 2.05) is 13.8 Å². The summed E-state index contributed by atoms with van der Waals surface area (Å²) in [5.74, 6) is 0.424. The van der Waals surface area contributed by atoms with Gasteiger partial charge < -0.3 is 9.67 Å². The maximum Gasteiger partial charge on any atom is 0.242 e. The van der Waals surface area contributed by atoms with Crippen LogP contribution in [-0.2, 0) is 23.7 Å².